The van der Waals surface area contributed by atoms with Gasteiger partial charge in [-0.15, -0.1) is 16.8 Å². The molecule has 3 aromatic heterocycles. The first-order chi connectivity index (χ1) is 16.4. The molecular weight excluding hydrogens is 459 g/mol. The fourth-order valence-electron chi connectivity index (χ4n) is 3.67. The number of carbonyl (C=O) groups is 1. The van der Waals surface area contributed by atoms with Crippen LogP contribution in [0, 0.1) is 5.82 Å². The van der Waals surface area contributed by atoms with E-state index in [-0.39, 0.29) is 42.1 Å². The number of allylic oxidation sites excluding steroid dienone is 1. The number of ether oxygens (including phenoxy) is 1. The minimum atomic E-state index is -1.19. The average Bonchev–Trinajstić information content (AvgIpc) is 3.19. The summed E-state index contributed by atoms with van der Waals surface area (Å²) in [5, 5.41) is 13.7. The van der Waals surface area contributed by atoms with Gasteiger partial charge in [0.2, 0.25) is 5.82 Å². The number of halogens is 2. The molecule has 34 heavy (non-hydrogen) atoms. The second-order valence-corrected chi connectivity index (χ2v) is 8.15. The van der Waals surface area contributed by atoms with Crippen LogP contribution in [0.5, 0.6) is 0 Å². The number of esters is 1. The quantitative estimate of drug-likeness (QED) is 0.270. The molecule has 1 aromatic carbocycles. The smallest absolute Gasteiger partial charge is 0.318 e. The Balaban J connectivity index is 1.78. The zero-order valence-electron chi connectivity index (χ0n) is 18.7. The lowest BCUT2D eigenvalue weighted by atomic mass is 9.83. The van der Waals surface area contributed by atoms with E-state index in [0.717, 1.165) is 0 Å². The van der Waals surface area contributed by atoms with Gasteiger partial charge in [-0.3, -0.25) is 4.79 Å². The SMILES string of the molecule is C=CCC(C)(C(=O)OCC)c1nnc(-c2nn(Cc3ccccc3F)c3ncccc23)nc1Cl. The molecule has 4 rings (SSSR count). The predicted molar refractivity (Wildman–Crippen MR) is 126 cm³/mol. The van der Waals surface area contributed by atoms with Gasteiger partial charge in [0.15, 0.2) is 10.8 Å². The number of carbonyl (C=O) groups excluding carboxylic acids is 1. The molecule has 10 heteroatoms. The van der Waals surface area contributed by atoms with E-state index in [2.05, 4.69) is 31.8 Å². The minimum absolute atomic E-state index is 0.00287. The monoisotopic (exact) mass is 480 g/mol. The second kappa shape index (κ2) is 9.64. The van der Waals surface area contributed by atoms with Crippen LogP contribution in [0.3, 0.4) is 0 Å². The molecule has 0 saturated heterocycles. The fourth-order valence-corrected chi connectivity index (χ4v) is 4.00. The number of fused-ring (bicyclic) bond motifs is 1. The summed E-state index contributed by atoms with van der Waals surface area (Å²) in [4.78, 5) is 21.5. The van der Waals surface area contributed by atoms with Crippen molar-refractivity contribution in [2.75, 3.05) is 6.61 Å². The minimum Gasteiger partial charge on any atom is -0.465 e. The van der Waals surface area contributed by atoms with Crippen LogP contribution in [0.15, 0.2) is 55.3 Å². The second-order valence-electron chi connectivity index (χ2n) is 7.79. The number of benzene rings is 1. The molecule has 4 aromatic rings. The molecule has 3 heterocycles. The van der Waals surface area contributed by atoms with Gasteiger partial charge >= 0.3 is 5.97 Å². The predicted octanol–water partition coefficient (Wildman–Crippen LogP) is 4.52. The lowest BCUT2D eigenvalue weighted by molar-refractivity contribution is -0.149. The van der Waals surface area contributed by atoms with E-state index in [0.29, 0.717) is 22.3 Å². The van der Waals surface area contributed by atoms with Crippen LogP contribution < -0.4 is 0 Å². The lowest BCUT2D eigenvalue weighted by Gasteiger charge is -2.25. The van der Waals surface area contributed by atoms with Crippen molar-refractivity contribution in [3.05, 3.63) is 77.5 Å². The molecule has 0 N–H and O–H groups in total. The molecule has 1 unspecified atom stereocenters. The number of nitrogens with zero attached hydrogens (tertiary/aromatic N) is 6. The Morgan fingerprint density at radius 1 is 1.26 bits per heavy atom. The molecular formula is C24H22ClFN6O2. The Labute approximate surface area is 200 Å². The highest BCUT2D eigenvalue weighted by molar-refractivity contribution is 6.30. The van der Waals surface area contributed by atoms with E-state index in [4.69, 9.17) is 16.3 Å². The summed E-state index contributed by atoms with van der Waals surface area (Å²) in [6.45, 7) is 7.47. The number of pyridine rings is 1. The van der Waals surface area contributed by atoms with E-state index in [1.54, 1.807) is 55.1 Å². The molecule has 1 atom stereocenters. The number of hydrogen-bond acceptors (Lipinski definition) is 7. The first-order valence-electron chi connectivity index (χ1n) is 10.6. The first kappa shape index (κ1) is 23.4. The summed E-state index contributed by atoms with van der Waals surface area (Å²) < 4.78 is 21.0. The van der Waals surface area contributed by atoms with Crippen LogP contribution in [0.25, 0.3) is 22.6 Å². The Kier molecular flexibility index (Phi) is 6.65. The zero-order chi connectivity index (χ0) is 24.3. The largest absolute Gasteiger partial charge is 0.465 e. The Bertz CT molecular complexity index is 1370. The highest BCUT2D eigenvalue weighted by Gasteiger charge is 2.40. The van der Waals surface area contributed by atoms with E-state index in [1.807, 2.05) is 6.07 Å². The normalized spacial score (nSPS) is 12.9. The maximum Gasteiger partial charge on any atom is 0.318 e. The zero-order valence-corrected chi connectivity index (χ0v) is 19.5. The fraction of sp³-hybridized carbons (Fsp3) is 0.250. The van der Waals surface area contributed by atoms with Crippen molar-refractivity contribution in [2.45, 2.75) is 32.2 Å². The molecule has 0 saturated carbocycles. The van der Waals surface area contributed by atoms with Crippen LogP contribution in [0.4, 0.5) is 4.39 Å². The summed E-state index contributed by atoms with van der Waals surface area (Å²) in [6, 6.07) is 10.0. The van der Waals surface area contributed by atoms with E-state index >= 15 is 0 Å². The van der Waals surface area contributed by atoms with Gasteiger partial charge in [0.1, 0.15) is 22.6 Å². The molecule has 0 aliphatic heterocycles. The average molecular weight is 481 g/mol. The van der Waals surface area contributed by atoms with Crippen molar-refractivity contribution in [3.63, 3.8) is 0 Å². The van der Waals surface area contributed by atoms with Gasteiger partial charge in [-0.2, -0.15) is 5.10 Å². The molecule has 0 aliphatic rings. The number of aromatic nitrogens is 6. The Morgan fingerprint density at radius 2 is 2.06 bits per heavy atom. The van der Waals surface area contributed by atoms with Crippen molar-refractivity contribution in [1.82, 2.24) is 29.9 Å². The molecule has 0 bridgehead atoms. The molecule has 0 aliphatic carbocycles. The van der Waals surface area contributed by atoms with Crippen LogP contribution >= 0.6 is 11.6 Å². The van der Waals surface area contributed by atoms with Crippen LogP contribution in [-0.2, 0) is 21.5 Å². The van der Waals surface area contributed by atoms with Crippen LogP contribution in [0.2, 0.25) is 5.15 Å². The van der Waals surface area contributed by atoms with Crippen molar-refractivity contribution in [1.29, 1.82) is 0 Å². The highest BCUT2D eigenvalue weighted by Crippen LogP contribution is 2.33. The van der Waals surface area contributed by atoms with Gasteiger partial charge < -0.3 is 4.74 Å². The summed E-state index contributed by atoms with van der Waals surface area (Å²) >= 11 is 6.50. The maximum absolute atomic E-state index is 14.2. The summed E-state index contributed by atoms with van der Waals surface area (Å²) in [6.07, 6.45) is 3.46. The number of rotatable bonds is 8. The molecule has 0 amide bonds. The molecule has 8 nitrogen and oxygen atoms in total. The third-order valence-electron chi connectivity index (χ3n) is 5.44. The van der Waals surface area contributed by atoms with Crippen LogP contribution in [0.1, 0.15) is 31.5 Å². The third kappa shape index (κ3) is 4.26. The van der Waals surface area contributed by atoms with Crippen molar-refractivity contribution < 1.29 is 13.9 Å². The number of hydrogen-bond donors (Lipinski definition) is 0. The third-order valence-corrected chi connectivity index (χ3v) is 5.71. The molecule has 0 radical (unpaired) electrons. The Hall–Kier alpha value is -3.72. The topological polar surface area (TPSA) is 95.7 Å². The van der Waals surface area contributed by atoms with Gasteiger partial charge in [0, 0.05) is 11.8 Å². The molecule has 0 fully saturated rings. The summed E-state index contributed by atoms with van der Waals surface area (Å²) in [5.74, 6) is -0.678. The highest BCUT2D eigenvalue weighted by atomic mass is 35.5. The van der Waals surface area contributed by atoms with Gasteiger partial charge in [0.25, 0.3) is 0 Å². The lowest BCUT2D eigenvalue weighted by Crippen LogP contribution is -2.36. The van der Waals surface area contributed by atoms with Crippen molar-refractivity contribution in [3.8, 4) is 11.5 Å². The van der Waals surface area contributed by atoms with E-state index < -0.39 is 11.4 Å². The molecule has 0 spiro atoms. The van der Waals surface area contributed by atoms with Crippen LogP contribution in [-0.4, -0.2) is 42.5 Å². The van der Waals surface area contributed by atoms with E-state index in [9.17, 15) is 9.18 Å². The summed E-state index contributed by atoms with van der Waals surface area (Å²) in [7, 11) is 0. The van der Waals surface area contributed by atoms with Gasteiger partial charge in [-0.25, -0.2) is 19.0 Å². The summed E-state index contributed by atoms with van der Waals surface area (Å²) in [5.41, 5.74) is 0.381. The van der Waals surface area contributed by atoms with Crippen molar-refractivity contribution >= 4 is 28.6 Å². The van der Waals surface area contributed by atoms with Gasteiger partial charge in [0.05, 0.1) is 18.5 Å². The maximum atomic E-state index is 14.2. The standard InChI is InChI=1S/C24H22ClFN6O2/c1-4-12-24(3,23(33)34-5-2)19-20(25)28-21(30-29-19)18-16-10-8-13-27-22(16)32(31-18)14-15-9-6-7-11-17(15)26/h4,6-11,13H,1,5,12,14H2,2-3H3. The molecule has 174 valence electrons. The van der Waals surface area contributed by atoms with Gasteiger partial charge in [-0.05, 0) is 38.5 Å². The van der Waals surface area contributed by atoms with Crippen molar-refractivity contribution in [2.24, 2.45) is 0 Å². The van der Waals surface area contributed by atoms with E-state index in [1.165, 1.54) is 6.07 Å². The Morgan fingerprint density at radius 3 is 2.76 bits per heavy atom. The van der Waals surface area contributed by atoms with Gasteiger partial charge in [-0.1, -0.05) is 35.9 Å². The first-order valence-corrected chi connectivity index (χ1v) is 11.0.